The zero-order chi connectivity index (χ0) is 26.3. The number of carbonyl (C=O) groups is 1. The van der Waals surface area contributed by atoms with Crippen molar-refractivity contribution < 1.29 is 14.3 Å². The maximum absolute atomic E-state index is 13.9. The molecule has 2 amide bonds. The molecule has 1 aliphatic carbocycles. The number of rotatable bonds is 3. The zero-order valence-corrected chi connectivity index (χ0v) is 21.5. The van der Waals surface area contributed by atoms with Gasteiger partial charge in [0.1, 0.15) is 5.82 Å². The molecule has 3 fully saturated rings. The summed E-state index contributed by atoms with van der Waals surface area (Å²) in [7, 11) is 0. The highest BCUT2D eigenvalue weighted by atomic mass is 19.1. The molecule has 2 aromatic carbocycles. The van der Waals surface area contributed by atoms with Crippen LogP contribution >= 0.6 is 0 Å². The number of piperidine rings is 1. The number of piperazine rings is 1. The van der Waals surface area contributed by atoms with E-state index in [0.717, 1.165) is 37.8 Å². The zero-order valence-electron chi connectivity index (χ0n) is 21.5. The minimum absolute atomic E-state index is 0.00805. The molecular weight excluding hydrogens is 485 g/mol. The lowest BCUT2D eigenvalue weighted by atomic mass is 9.66. The van der Waals surface area contributed by atoms with Crippen LogP contribution < -0.4 is 10.9 Å². The van der Waals surface area contributed by atoms with Crippen molar-refractivity contribution in [2.75, 3.05) is 32.7 Å². The lowest BCUT2D eigenvalue weighted by molar-refractivity contribution is -0.136. The molecule has 9 heteroatoms. The van der Waals surface area contributed by atoms with Gasteiger partial charge in [-0.1, -0.05) is 43.2 Å². The van der Waals surface area contributed by atoms with Gasteiger partial charge >= 0.3 is 6.03 Å². The number of aliphatic hydroxyl groups is 1. The third kappa shape index (κ3) is 4.27. The van der Waals surface area contributed by atoms with E-state index in [1.54, 1.807) is 0 Å². The number of carbonyl (C=O) groups excluding carboxylic acids is 1. The van der Waals surface area contributed by atoms with Crippen LogP contribution in [0.1, 0.15) is 43.7 Å². The Balaban J connectivity index is 1.27. The number of hydrogen-bond donors (Lipinski definition) is 2. The molecule has 3 aliphatic rings. The summed E-state index contributed by atoms with van der Waals surface area (Å²) in [4.78, 5) is 35.4. The normalized spacial score (nSPS) is 25.3. The third-order valence-corrected chi connectivity index (χ3v) is 9.00. The van der Waals surface area contributed by atoms with Gasteiger partial charge in [-0.2, -0.15) is 0 Å². The lowest BCUT2D eigenvalue weighted by Crippen LogP contribution is -2.64. The van der Waals surface area contributed by atoms with E-state index in [1.165, 1.54) is 29.1 Å². The molecule has 6 rings (SSSR count). The standard InChI is InChI=1S/C29H34FN5O3/c30-22-8-9-24-23(16-22)26(36)34(20-32-24)19-29(38)12-14-33(18-28(29)10-4-5-11-28)27(37)35-15-13-31-17-25(35)21-6-2-1-3-7-21/h1-3,6-9,16,20,25,31,38H,4-5,10-15,17-19H2/t25-,29?/m0/s1. The molecule has 2 aliphatic heterocycles. The summed E-state index contributed by atoms with van der Waals surface area (Å²) in [5.41, 5.74) is -0.500. The van der Waals surface area contributed by atoms with Crippen LogP contribution in [0, 0.1) is 11.2 Å². The fourth-order valence-electron chi connectivity index (χ4n) is 6.88. The lowest BCUT2D eigenvalue weighted by Gasteiger charge is -2.53. The highest BCUT2D eigenvalue weighted by Crippen LogP contribution is 2.51. The predicted octanol–water partition coefficient (Wildman–Crippen LogP) is 3.30. The molecule has 2 N–H and O–H groups in total. The number of amides is 2. The number of benzene rings is 2. The molecule has 1 saturated carbocycles. The largest absolute Gasteiger partial charge is 0.387 e. The van der Waals surface area contributed by atoms with Crippen molar-refractivity contribution in [3.8, 4) is 0 Å². The van der Waals surface area contributed by atoms with Gasteiger partial charge < -0.3 is 20.2 Å². The monoisotopic (exact) mass is 519 g/mol. The van der Waals surface area contributed by atoms with Crippen LogP contribution in [-0.2, 0) is 6.54 Å². The summed E-state index contributed by atoms with van der Waals surface area (Å²) in [6.45, 7) is 3.02. The van der Waals surface area contributed by atoms with Crippen molar-refractivity contribution in [3.05, 3.63) is 76.6 Å². The van der Waals surface area contributed by atoms with Crippen LogP contribution in [0.25, 0.3) is 10.9 Å². The van der Waals surface area contributed by atoms with Crippen molar-refractivity contribution in [2.24, 2.45) is 5.41 Å². The number of fused-ring (bicyclic) bond motifs is 1. The Morgan fingerprint density at radius 1 is 1.11 bits per heavy atom. The van der Waals surface area contributed by atoms with Crippen LogP contribution in [-0.4, -0.2) is 68.8 Å². The van der Waals surface area contributed by atoms with Gasteiger partial charge in [-0.25, -0.2) is 14.2 Å². The summed E-state index contributed by atoms with van der Waals surface area (Å²) in [6, 6.07) is 14.1. The van der Waals surface area contributed by atoms with E-state index in [9.17, 15) is 19.1 Å². The van der Waals surface area contributed by atoms with Gasteiger partial charge in [0.05, 0.1) is 35.4 Å². The van der Waals surface area contributed by atoms with Crippen molar-refractivity contribution in [2.45, 2.75) is 50.3 Å². The minimum atomic E-state index is -1.17. The number of halogens is 1. The summed E-state index contributed by atoms with van der Waals surface area (Å²) in [5, 5.41) is 15.8. The van der Waals surface area contributed by atoms with E-state index < -0.39 is 16.8 Å². The van der Waals surface area contributed by atoms with E-state index >= 15 is 0 Å². The summed E-state index contributed by atoms with van der Waals surface area (Å²) in [5.74, 6) is -0.492. The summed E-state index contributed by atoms with van der Waals surface area (Å²) in [6.07, 6.45) is 5.35. The minimum Gasteiger partial charge on any atom is -0.387 e. The van der Waals surface area contributed by atoms with E-state index in [-0.39, 0.29) is 29.6 Å². The Kier molecular flexibility index (Phi) is 6.44. The van der Waals surface area contributed by atoms with Gasteiger partial charge in [0.2, 0.25) is 0 Å². The molecule has 200 valence electrons. The first-order valence-corrected chi connectivity index (χ1v) is 13.6. The number of nitrogens with zero attached hydrogens (tertiary/aromatic N) is 4. The van der Waals surface area contributed by atoms with Gasteiger partial charge in [-0.05, 0) is 43.0 Å². The number of urea groups is 1. The average Bonchev–Trinajstić information content (AvgIpc) is 3.42. The second-order valence-corrected chi connectivity index (χ2v) is 11.1. The van der Waals surface area contributed by atoms with Crippen LogP contribution in [0.3, 0.4) is 0 Å². The molecule has 1 spiro atoms. The van der Waals surface area contributed by atoms with Crippen LogP contribution in [0.2, 0.25) is 0 Å². The van der Waals surface area contributed by atoms with Gasteiger partial charge in [-0.15, -0.1) is 0 Å². The van der Waals surface area contributed by atoms with Gasteiger partial charge in [0.15, 0.2) is 0 Å². The maximum atomic E-state index is 13.9. The van der Waals surface area contributed by atoms with Gasteiger partial charge in [-0.3, -0.25) is 9.36 Å². The first-order chi connectivity index (χ1) is 18.4. The molecule has 1 aromatic heterocycles. The molecule has 2 saturated heterocycles. The van der Waals surface area contributed by atoms with E-state index in [1.807, 2.05) is 28.0 Å². The Bertz CT molecular complexity index is 1390. The molecule has 2 atom stereocenters. The van der Waals surface area contributed by atoms with Crippen molar-refractivity contribution in [1.29, 1.82) is 0 Å². The quantitative estimate of drug-likeness (QED) is 0.554. The second-order valence-electron chi connectivity index (χ2n) is 11.1. The molecule has 0 bridgehead atoms. The Hall–Kier alpha value is -3.30. The van der Waals surface area contributed by atoms with Crippen LogP contribution in [0.4, 0.5) is 9.18 Å². The number of aromatic nitrogens is 2. The van der Waals surface area contributed by atoms with Crippen molar-refractivity contribution in [1.82, 2.24) is 24.7 Å². The van der Waals surface area contributed by atoms with Gasteiger partial charge in [0, 0.05) is 38.1 Å². The molecular formula is C29H34FN5O3. The highest BCUT2D eigenvalue weighted by molar-refractivity contribution is 5.77. The Labute approximate surface area is 221 Å². The van der Waals surface area contributed by atoms with Crippen LogP contribution in [0.15, 0.2) is 59.7 Å². The average molecular weight is 520 g/mol. The first-order valence-electron chi connectivity index (χ1n) is 13.6. The molecule has 1 unspecified atom stereocenters. The van der Waals surface area contributed by atoms with Crippen molar-refractivity contribution >= 4 is 16.9 Å². The smallest absolute Gasteiger partial charge is 0.320 e. The number of nitrogens with one attached hydrogen (secondary N) is 1. The second kappa shape index (κ2) is 9.78. The molecule has 38 heavy (non-hydrogen) atoms. The topological polar surface area (TPSA) is 90.7 Å². The first kappa shape index (κ1) is 25.0. The summed E-state index contributed by atoms with van der Waals surface area (Å²) >= 11 is 0. The molecule has 3 aromatic rings. The van der Waals surface area contributed by atoms with E-state index in [0.29, 0.717) is 38.1 Å². The van der Waals surface area contributed by atoms with Crippen LogP contribution in [0.5, 0.6) is 0 Å². The van der Waals surface area contributed by atoms with Gasteiger partial charge in [0.25, 0.3) is 5.56 Å². The highest BCUT2D eigenvalue weighted by Gasteiger charge is 2.56. The third-order valence-electron chi connectivity index (χ3n) is 9.00. The Morgan fingerprint density at radius 2 is 1.89 bits per heavy atom. The number of likely N-dealkylation sites (tertiary alicyclic amines) is 1. The van der Waals surface area contributed by atoms with E-state index in [4.69, 9.17) is 0 Å². The SMILES string of the molecule is O=C(N1CCC(O)(Cn2cnc3ccc(F)cc3c2=O)C2(CCCC2)C1)N1CCNC[C@H]1c1ccccc1. The summed E-state index contributed by atoms with van der Waals surface area (Å²) < 4.78 is 15.3. The molecule has 3 heterocycles. The van der Waals surface area contributed by atoms with E-state index in [2.05, 4.69) is 22.4 Å². The molecule has 8 nitrogen and oxygen atoms in total. The Morgan fingerprint density at radius 3 is 2.68 bits per heavy atom. The maximum Gasteiger partial charge on any atom is 0.320 e. The molecule has 0 radical (unpaired) electrons. The predicted molar refractivity (Wildman–Crippen MR) is 142 cm³/mol. The van der Waals surface area contributed by atoms with Crippen molar-refractivity contribution in [3.63, 3.8) is 0 Å². The number of hydrogen-bond acceptors (Lipinski definition) is 5. The fourth-order valence-corrected chi connectivity index (χ4v) is 6.88. The fraction of sp³-hybridized carbons (Fsp3) is 0.483.